The fraction of sp³-hybridized carbons (Fsp3) is 0.238. The maximum absolute atomic E-state index is 12.0. The van der Waals surface area contributed by atoms with E-state index in [-0.39, 0.29) is 12.4 Å². The number of nitrogens with zero attached hydrogens (tertiary/aromatic N) is 3. The number of nitriles is 1. The molecule has 0 bridgehead atoms. The van der Waals surface area contributed by atoms with Crippen LogP contribution in [0.1, 0.15) is 18.9 Å². The number of fused-ring (bicyclic) bond motifs is 1. The van der Waals surface area contributed by atoms with Crippen LogP contribution in [0.15, 0.2) is 53.7 Å². The number of esters is 1. The summed E-state index contributed by atoms with van der Waals surface area (Å²) in [6.45, 7) is 2.53. The Morgan fingerprint density at radius 3 is 2.69 bits per heavy atom. The first-order valence-electron chi connectivity index (χ1n) is 9.14. The molecule has 148 valence electrons. The summed E-state index contributed by atoms with van der Waals surface area (Å²) < 4.78 is 7.14. The molecule has 0 aliphatic carbocycles. The maximum Gasteiger partial charge on any atom is 0.316 e. The zero-order valence-corrected chi connectivity index (χ0v) is 16.7. The largest absolute Gasteiger partial charge is 0.455 e. The lowest BCUT2D eigenvalue weighted by Gasteiger charge is -2.08. The molecule has 0 spiro atoms. The number of ether oxygens (including phenoxy) is 1. The van der Waals surface area contributed by atoms with Crippen LogP contribution in [0.25, 0.3) is 11.0 Å². The Kier molecular flexibility index (Phi) is 6.87. The monoisotopic (exact) mass is 408 g/mol. The number of benzene rings is 2. The molecule has 7 nitrogen and oxygen atoms in total. The van der Waals surface area contributed by atoms with Crippen molar-refractivity contribution < 1.29 is 14.3 Å². The van der Waals surface area contributed by atoms with Crippen molar-refractivity contribution >= 4 is 40.4 Å². The second-order valence-corrected chi connectivity index (χ2v) is 7.16. The van der Waals surface area contributed by atoms with Gasteiger partial charge in [0.1, 0.15) is 0 Å². The Labute approximate surface area is 172 Å². The van der Waals surface area contributed by atoms with Gasteiger partial charge in [-0.25, -0.2) is 4.98 Å². The van der Waals surface area contributed by atoms with Crippen LogP contribution in [-0.4, -0.2) is 33.8 Å². The highest BCUT2D eigenvalue weighted by atomic mass is 32.2. The standard InChI is InChI=1S/C21H20N4O3S/c1-2-11-25-18-6-4-3-5-17(18)24-21(25)29-14-20(27)28-13-19(26)23-16-9-7-15(12-22)8-10-16/h3-10H,2,11,13-14H2,1H3,(H,23,26). The minimum absolute atomic E-state index is 0.0666. The molecular formula is C21H20N4O3S. The number of carbonyl (C=O) groups is 2. The van der Waals surface area contributed by atoms with E-state index in [1.165, 1.54) is 11.8 Å². The van der Waals surface area contributed by atoms with Crippen LogP contribution in [0.5, 0.6) is 0 Å². The van der Waals surface area contributed by atoms with Crippen molar-refractivity contribution in [2.24, 2.45) is 0 Å². The van der Waals surface area contributed by atoms with Crippen LogP contribution in [0, 0.1) is 11.3 Å². The van der Waals surface area contributed by atoms with Gasteiger partial charge in [-0.2, -0.15) is 5.26 Å². The number of para-hydroxylation sites is 2. The zero-order chi connectivity index (χ0) is 20.6. The number of hydrogen-bond acceptors (Lipinski definition) is 6. The predicted octanol–water partition coefficient (Wildman–Crippen LogP) is 3.59. The third-order valence-corrected chi connectivity index (χ3v) is 5.00. The van der Waals surface area contributed by atoms with Crippen LogP contribution < -0.4 is 5.32 Å². The quantitative estimate of drug-likeness (QED) is 0.452. The first kappa shape index (κ1) is 20.4. The van der Waals surface area contributed by atoms with Gasteiger partial charge in [-0.05, 0) is 42.8 Å². The summed E-state index contributed by atoms with van der Waals surface area (Å²) in [6, 6.07) is 16.3. The van der Waals surface area contributed by atoms with Crippen molar-refractivity contribution in [3.8, 4) is 6.07 Å². The number of nitrogens with one attached hydrogen (secondary N) is 1. The highest BCUT2D eigenvalue weighted by Gasteiger charge is 2.14. The lowest BCUT2D eigenvalue weighted by Crippen LogP contribution is -2.21. The molecule has 3 rings (SSSR count). The summed E-state index contributed by atoms with van der Waals surface area (Å²) in [5.41, 5.74) is 2.96. The number of aryl methyl sites for hydroxylation is 1. The highest BCUT2D eigenvalue weighted by Crippen LogP contribution is 2.24. The van der Waals surface area contributed by atoms with Gasteiger partial charge in [0, 0.05) is 12.2 Å². The summed E-state index contributed by atoms with van der Waals surface area (Å²) in [5.74, 6) is -0.858. The molecule has 3 aromatic rings. The van der Waals surface area contributed by atoms with Gasteiger partial charge in [-0.3, -0.25) is 9.59 Å². The van der Waals surface area contributed by atoms with Gasteiger partial charge in [0.2, 0.25) is 0 Å². The number of aromatic nitrogens is 2. The molecule has 0 radical (unpaired) electrons. The van der Waals surface area contributed by atoms with E-state index in [1.807, 2.05) is 30.3 Å². The van der Waals surface area contributed by atoms with E-state index in [4.69, 9.17) is 10.00 Å². The fourth-order valence-electron chi connectivity index (χ4n) is 2.74. The van der Waals surface area contributed by atoms with Gasteiger partial charge in [0.25, 0.3) is 5.91 Å². The van der Waals surface area contributed by atoms with Gasteiger partial charge in [-0.1, -0.05) is 30.8 Å². The Hall–Kier alpha value is -3.31. The number of amides is 1. The van der Waals surface area contributed by atoms with E-state index in [2.05, 4.69) is 21.8 Å². The molecule has 0 unspecified atom stereocenters. The molecule has 0 atom stereocenters. The molecular weight excluding hydrogens is 388 g/mol. The maximum atomic E-state index is 12.0. The number of imidazole rings is 1. The molecule has 1 aromatic heterocycles. The number of hydrogen-bond donors (Lipinski definition) is 1. The smallest absolute Gasteiger partial charge is 0.316 e. The molecule has 1 N–H and O–H groups in total. The van der Waals surface area contributed by atoms with Crippen molar-refractivity contribution in [3.63, 3.8) is 0 Å². The minimum atomic E-state index is -0.486. The molecule has 0 aliphatic rings. The summed E-state index contributed by atoms with van der Waals surface area (Å²) in [5, 5.41) is 12.1. The highest BCUT2D eigenvalue weighted by molar-refractivity contribution is 7.99. The van der Waals surface area contributed by atoms with Crippen molar-refractivity contribution in [3.05, 3.63) is 54.1 Å². The molecule has 1 heterocycles. The lowest BCUT2D eigenvalue weighted by atomic mass is 10.2. The van der Waals surface area contributed by atoms with E-state index < -0.39 is 11.9 Å². The summed E-state index contributed by atoms with van der Waals surface area (Å²) in [6.07, 6.45) is 0.952. The van der Waals surface area contributed by atoms with E-state index in [0.29, 0.717) is 11.3 Å². The minimum Gasteiger partial charge on any atom is -0.455 e. The van der Waals surface area contributed by atoms with Crippen molar-refractivity contribution in [2.75, 3.05) is 17.7 Å². The van der Waals surface area contributed by atoms with E-state index >= 15 is 0 Å². The topological polar surface area (TPSA) is 97.0 Å². The molecule has 2 aromatic carbocycles. The lowest BCUT2D eigenvalue weighted by molar-refractivity contribution is -0.144. The average Bonchev–Trinajstić information content (AvgIpc) is 3.09. The second-order valence-electron chi connectivity index (χ2n) is 6.22. The van der Waals surface area contributed by atoms with Crippen molar-refractivity contribution in [1.82, 2.24) is 9.55 Å². The predicted molar refractivity (Wildman–Crippen MR) is 111 cm³/mol. The number of carbonyl (C=O) groups excluding carboxylic acids is 2. The number of anilines is 1. The Morgan fingerprint density at radius 1 is 1.21 bits per heavy atom. The van der Waals surface area contributed by atoms with Gasteiger partial charge in [-0.15, -0.1) is 0 Å². The van der Waals surface area contributed by atoms with E-state index in [1.54, 1.807) is 24.3 Å². The molecule has 0 fully saturated rings. The van der Waals surface area contributed by atoms with Crippen LogP contribution >= 0.6 is 11.8 Å². The Balaban J connectivity index is 1.51. The van der Waals surface area contributed by atoms with Gasteiger partial charge in [0.05, 0.1) is 28.4 Å². The number of rotatable bonds is 8. The van der Waals surface area contributed by atoms with E-state index in [0.717, 1.165) is 29.2 Å². The van der Waals surface area contributed by atoms with Crippen LogP contribution in [-0.2, 0) is 20.9 Å². The SMILES string of the molecule is CCCn1c(SCC(=O)OCC(=O)Nc2ccc(C#N)cc2)nc2ccccc21. The molecule has 1 amide bonds. The first-order valence-corrected chi connectivity index (χ1v) is 10.1. The number of thioether (sulfide) groups is 1. The molecule has 8 heteroatoms. The summed E-state index contributed by atoms with van der Waals surface area (Å²) >= 11 is 1.30. The summed E-state index contributed by atoms with van der Waals surface area (Å²) in [4.78, 5) is 28.6. The third kappa shape index (κ3) is 5.36. The second kappa shape index (κ2) is 9.75. The van der Waals surface area contributed by atoms with Crippen molar-refractivity contribution in [1.29, 1.82) is 5.26 Å². The third-order valence-electron chi connectivity index (χ3n) is 4.05. The molecule has 0 saturated heterocycles. The van der Waals surface area contributed by atoms with Gasteiger partial charge in [0.15, 0.2) is 11.8 Å². The van der Waals surface area contributed by atoms with Crippen LogP contribution in [0.4, 0.5) is 5.69 Å². The van der Waals surface area contributed by atoms with Gasteiger partial charge < -0.3 is 14.6 Å². The van der Waals surface area contributed by atoms with E-state index in [9.17, 15) is 9.59 Å². The first-order chi connectivity index (χ1) is 14.1. The van der Waals surface area contributed by atoms with Crippen LogP contribution in [0.2, 0.25) is 0 Å². The molecule has 29 heavy (non-hydrogen) atoms. The normalized spacial score (nSPS) is 10.5. The Morgan fingerprint density at radius 2 is 1.97 bits per heavy atom. The van der Waals surface area contributed by atoms with Crippen molar-refractivity contribution in [2.45, 2.75) is 25.0 Å². The fourth-order valence-corrected chi connectivity index (χ4v) is 3.58. The molecule has 0 saturated carbocycles. The average molecular weight is 408 g/mol. The zero-order valence-electron chi connectivity index (χ0n) is 15.9. The Bertz CT molecular complexity index is 1050. The van der Waals surface area contributed by atoms with Crippen LogP contribution in [0.3, 0.4) is 0 Å². The summed E-state index contributed by atoms with van der Waals surface area (Å²) in [7, 11) is 0. The molecule has 0 aliphatic heterocycles. The van der Waals surface area contributed by atoms with Gasteiger partial charge >= 0.3 is 5.97 Å².